The van der Waals surface area contributed by atoms with Crippen LogP contribution < -0.4 is 0 Å². The minimum absolute atomic E-state index is 0.00926. The third kappa shape index (κ3) is 1.97. The zero-order valence-electron chi connectivity index (χ0n) is 10.7. The normalized spacial score (nSPS) is 16.1. The number of likely N-dealkylation sites (N-methyl/N-ethyl adjacent to an activating group) is 1. The Balaban J connectivity index is 2.53. The first-order valence-corrected chi connectivity index (χ1v) is 5.75. The number of benzene rings is 1. The Hall–Kier alpha value is -1.64. The average molecular weight is 231 g/mol. The van der Waals surface area contributed by atoms with Crippen molar-refractivity contribution in [2.24, 2.45) is 0 Å². The summed E-state index contributed by atoms with van der Waals surface area (Å²) in [6.07, 6.45) is 0.321. The third-order valence-corrected chi connectivity index (χ3v) is 3.23. The largest absolute Gasteiger partial charge is 0.281 e. The number of rotatable bonds is 0. The molecule has 1 aromatic rings. The molecule has 2 amide bonds. The highest BCUT2D eigenvalue weighted by atomic mass is 16.2. The van der Waals surface area contributed by atoms with E-state index in [1.54, 1.807) is 0 Å². The van der Waals surface area contributed by atoms with Crippen molar-refractivity contribution in [1.82, 2.24) is 4.90 Å². The smallest absolute Gasteiger partial charge is 0.260 e. The van der Waals surface area contributed by atoms with Crippen molar-refractivity contribution in [3.8, 4) is 0 Å². The lowest BCUT2D eigenvalue weighted by Crippen LogP contribution is -2.39. The zero-order chi connectivity index (χ0) is 12.8. The second-order valence-corrected chi connectivity index (χ2v) is 5.56. The van der Waals surface area contributed by atoms with Gasteiger partial charge >= 0.3 is 0 Å². The van der Waals surface area contributed by atoms with Crippen LogP contribution in [0.1, 0.15) is 42.3 Å². The summed E-state index contributed by atoms with van der Waals surface area (Å²) in [4.78, 5) is 24.8. The van der Waals surface area contributed by atoms with Crippen LogP contribution in [-0.4, -0.2) is 23.8 Å². The van der Waals surface area contributed by atoms with Crippen molar-refractivity contribution in [3.63, 3.8) is 0 Å². The summed E-state index contributed by atoms with van der Waals surface area (Å²) in [6, 6.07) is 5.82. The van der Waals surface area contributed by atoms with Gasteiger partial charge < -0.3 is 0 Å². The van der Waals surface area contributed by atoms with Gasteiger partial charge in [0.25, 0.3) is 5.91 Å². The molecule has 3 nitrogen and oxygen atoms in total. The molecule has 0 spiro atoms. The van der Waals surface area contributed by atoms with E-state index in [4.69, 9.17) is 0 Å². The van der Waals surface area contributed by atoms with Gasteiger partial charge in [0, 0.05) is 12.6 Å². The van der Waals surface area contributed by atoms with E-state index >= 15 is 0 Å². The van der Waals surface area contributed by atoms with E-state index in [9.17, 15) is 9.59 Å². The molecule has 0 saturated heterocycles. The van der Waals surface area contributed by atoms with Gasteiger partial charge in [0.05, 0.1) is 6.42 Å². The quantitative estimate of drug-likeness (QED) is 0.641. The molecule has 0 radical (unpaired) electrons. The first kappa shape index (κ1) is 11.8. The summed E-state index contributed by atoms with van der Waals surface area (Å²) in [6.45, 7) is 6.32. The van der Waals surface area contributed by atoms with Crippen molar-refractivity contribution >= 4 is 11.8 Å². The zero-order valence-corrected chi connectivity index (χ0v) is 10.7. The van der Waals surface area contributed by atoms with Crippen LogP contribution >= 0.6 is 0 Å². The highest BCUT2D eigenvalue weighted by Gasteiger charge is 2.29. The van der Waals surface area contributed by atoms with Crippen LogP contribution in [0.5, 0.6) is 0 Å². The molecule has 1 aromatic carbocycles. The van der Waals surface area contributed by atoms with Crippen LogP contribution in [0.4, 0.5) is 0 Å². The average Bonchev–Trinajstić information content (AvgIpc) is 2.24. The molecule has 0 unspecified atom stereocenters. The van der Waals surface area contributed by atoms with Gasteiger partial charge in [-0.15, -0.1) is 0 Å². The van der Waals surface area contributed by atoms with Gasteiger partial charge in [0.1, 0.15) is 0 Å². The fourth-order valence-electron chi connectivity index (χ4n) is 1.97. The number of carbonyl (C=O) groups is 2. The molecule has 1 heterocycles. The van der Waals surface area contributed by atoms with Crippen LogP contribution in [0.25, 0.3) is 0 Å². The van der Waals surface area contributed by atoms with E-state index in [0.29, 0.717) is 12.0 Å². The molecule has 0 saturated carbocycles. The monoisotopic (exact) mass is 231 g/mol. The predicted molar refractivity (Wildman–Crippen MR) is 65.9 cm³/mol. The van der Waals surface area contributed by atoms with Crippen molar-refractivity contribution in [2.75, 3.05) is 7.05 Å². The number of hydrogen-bond donors (Lipinski definition) is 0. The topological polar surface area (TPSA) is 37.4 Å². The summed E-state index contributed by atoms with van der Waals surface area (Å²) >= 11 is 0. The summed E-state index contributed by atoms with van der Waals surface area (Å²) < 4.78 is 0. The van der Waals surface area contributed by atoms with E-state index < -0.39 is 0 Å². The first-order valence-electron chi connectivity index (χ1n) is 5.75. The summed E-state index contributed by atoms with van der Waals surface area (Å²) in [5, 5.41) is 0. The van der Waals surface area contributed by atoms with Gasteiger partial charge in [-0.2, -0.15) is 0 Å². The fraction of sp³-hybridized carbons (Fsp3) is 0.429. The van der Waals surface area contributed by atoms with E-state index in [1.165, 1.54) is 11.9 Å². The maximum absolute atomic E-state index is 12.0. The Bertz CT molecular complexity index is 497. The molecule has 0 N–H and O–H groups in total. The standard InChI is InChI=1S/C14H17NO2/c1-14(2,3)10-6-5-9-7-12(16)15(4)13(17)11(9)8-10/h5-6,8H,7H2,1-4H3. The molecular weight excluding hydrogens is 214 g/mol. The lowest BCUT2D eigenvalue weighted by molar-refractivity contribution is -0.127. The number of amides is 2. The van der Waals surface area contributed by atoms with Gasteiger partial charge in [-0.05, 0) is 22.6 Å². The van der Waals surface area contributed by atoms with E-state index in [2.05, 4.69) is 20.8 Å². The number of hydrogen-bond acceptors (Lipinski definition) is 2. The summed E-state index contributed by atoms with van der Waals surface area (Å²) in [7, 11) is 1.54. The second kappa shape index (κ2) is 3.69. The van der Waals surface area contributed by atoms with Crippen LogP contribution in [0.15, 0.2) is 18.2 Å². The Morgan fingerprint density at radius 2 is 1.82 bits per heavy atom. The molecule has 0 bridgehead atoms. The summed E-state index contributed by atoms with van der Waals surface area (Å²) in [5.41, 5.74) is 2.63. The van der Waals surface area contributed by atoms with Gasteiger partial charge in [0.15, 0.2) is 0 Å². The molecule has 0 aliphatic carbocycles. The lowest BCUT2D eigenvalue weighted by Gasteiger charge is -2.26. The van der Waals surface area contributed by atoms with Crippen molar-refractivity contribution < 1.29 is 9.59 Å². The van der Waals surface area contributed by atoms with Crippen molar-refractivity contribution in [2.45, 2.75) is 32.6 Å². The van der Waals surface area contributed by atoms with E-state index in [0.717, 1.165) is 11.1 Å². The number of nitrogens with zero attached hydrogens (tertiary/aromatic N) is 1. The Labute approximate surface area is 101 Å². The van der Waals surface area contributed by atoms with Crippen molar-refractivity contribution in [1.29, 1.82) is 0 Å². The molecule has 1 aliphatic heterocycles. The Kier molecular flexibility index (Phi) is 2.57. The number of fused-ring (bicyclic) bond motifs is 1. The van der Waals surface area contributed by atoms with Crippen LogP contribution in [0.2, 0.25) is 0 Å². The van der Waals surface area contributed by atoms with Crippen LogP contribution in [0.3, 0.4) is 0 Å². The number of carbonyl (C=O) groups excluding carboxylic acids is 2. The molecule has 17 heavy (non-hydrogen) atoms. The van der Waals surface area contributed by atoms with Gasteiger partial charge in [-0.3, -0.25) is 14.5 Å². The molecule has 0 fully saturated rings. The van der Waals surface area contributed by atoms with Crippen molar-refractivity contribution in [3.05, 3.63) is 34.9 Å². The van der Waals surface area contributed by atoms with Crippen LogP contribution in [0, 0.1) is 0 Å². The molecule has 0 aromatic heterocycles. The highest BCUT2D eigenvalue weighted by Crippen LogP contribution is 2.27. The molecule has 1 aliphatic rings. The van der Waals surface area contributed by atoms with Crippen LogP contribution in [-0.2, 0) is 16.6 Å². The molecule has 2 rings (SSSR count). The predicted octanol–water partition coefficient (Wildman–Crippen LogP) is 2.14. The molecular formula is C14H17NO2. The third-order valence-electron chi connectivity index (χ3n) is 3.23. The second-order valence-electron chi connectivity index (χ2n) is 5.56. The minimum atomic E-state index is -0.192. The van der Waals surface area contributed by atoms with Gasteiger partial charge in [-0.25, -0.2) is 0 Å². The fourth-order valence-corrected chi connectivity index (χ4v) is 1.97. The molecule has 90 valence electrons. The lowest BCUT2D eigenvalue weighted by atomic mass is 9.84. The Morgan fingerprint density at radius 1 is 1.18 bits per heavy atom. The SMILES string of the molecule is CN1C(=O)Cc2ccc(C(C)(C)C)cc2C1=O. The van der Waals surface area contributed by atoms with E-state index in [1.807, 2.05) is 18.2 Å². The highest BCUT2D eigenvalue weighted by molar-refractivity contribution is 6.09. The van der Waals surface area contributed by atoms with Gasteiger partial charge in [0.2, 0.25) is 5.91 Å². The summed E-state index contributed by atoms with van der Waals surface area (Å²) in [5.74, 6) is -0.326. The number of imide groups is 1. The molecule has 3 heteroatoms. The first-order chi connectivity index (χ1) is 7.80. The maximum atomic E-state index is 12.0. The minimum Gasteiger partial charge on any atom is -0.281 e. The van der Waals surface area contributed by atoms with Gasteiger partial charge in [-0.1, -0.05) is 32.9 Å². The molecule has 0 atom stereocenters. The Morgan fingerprint density at radius 3 is 2.41 bits per heavy atom. The van der Waals surface area contributed by atoms with E-state index in [-0.39, 0.29) is 17.2 Å². The maximum Gasteiger partial charge on any atom is 0.260 e.